The molecule has 0 radical (unpaired) electrons. The molecule has 7 heteroatoms. The number of hydrogen-bond donors (Lipinski definition) is 1. The maximum atomic E-state index is 12.8. The van der Waals surface area contributed by atoms with E-state index in [0.717, 1.165) is 17.0 Å². The van der Waals surface area contributed by atoms with Crippen LogP contribution in [-0.2, 0) is 6.18 Å². The van der Waals surface area contributed by atoms with Gasteiger partial charge in [0.25, 0.3) is 0 Å². The minimum absolute atomic E-state index is 0.220. The summed E-state index contributed by atoms with van der Waals surface area (Å²) in [6.45, 7) is 0.274. The summed E-state index contributed by atoms with van der Waals surface area (Å²) in [4.78, 5) is 14.1. The van der Waals surface area contributed by atoms with Gasteiger partial charge < -0.3 is 10.0 Å². The van der Waals surface area contributed by atoms with Crippen molar-refractivity contribution in [2.24, 2.45) is 0 Å². The molecule has 0 aliphatic carbocycles. The predicted molar refractivity (Wildman–Crippen MR) is 67.9 cm³/mol. The predicted octanol–water partition coefficient (Wildman–Crippen LogP) is 3.20. The number of carboxylic acid groups (broad SMARTS) is 1. The highest BCUT2D eigenvalue weighted by Gasteiger charge is 2.35. The van der Waals surface area contributed by atoms with Crippen LogP contribution >= 0.6 is 0 Å². The number of hydrogen-bond acceptors (Lipinski definition) is 2. The van der Waals surface area contributed by atoms with Crippen molar-refractivity contribution < 1.29 is 23.1 Å². The molecule has 110 valence electrons. The van der Waals surface area contributed by atoms with Crippen molar-refractivity contribution in [2.75, 3.05) is 25.5 Å². The Morgan fingerprint density at radius 1 is 1.40 bits per heavy atom. The molecular formula is C13H15F3N2O2. The zero-order chi connectivity index (χ0) is 15.1. The molecule has 0 spiro atoms. The Kier molecular flexibility index (Phi) is 3.64. The number of fused-ring (bicyclic) bond motifs is 1. The first-order valence-electron chi connectivity index (χ1n) is 6.10. The number of halogens is 3. The molecule has 1 aliphatic heterocycles. The molecular weight excluding hydrogens is 273 g/mol. The van der Waals surface area contributed by atoms with Crippen LogP contribution in [0.5, 0.6) is 0 Å². The average Bonchev–Trinajstić information content (AvgIpc) is 2.35. The third kappa shape index (κ3) is 2.58. The van der Waals surface area contributed by atoms with Crippen molar-refractivity contribution in [1.29, 1.82) is 0 Å². The monoisotopic (exact) mass is 288 g/mol. The Bertz CT molecular complexity index is 529. The number of nitrogens with zero attached hydrogens (tertiary/aromatic N) is 2. The third-order valence-electron chi connectivity index (χ3n) is 3.49. The number of amides is 1. The molecule has 0 saturated carbocycles. The average molecular weight is 288 g/mol. The number of carbonyl (C=O) groups is 1. The van der Waals surface area contributed by atoms with Crippen molar-refractivity contribution in [3.8, 4) is 0 Å². The molecule has 0 bridgehead atoms. The number of benzene rings is 1. The normalized spacial score (nSPS) is 19.1. The Morgan fingerprint density at radius 3 is 2.55 bits per heavy atom. The molecule has 0 fully saturated rings. The van der Waals surface area contributed by atoms with Gasteiger partial charge in [-0.3, -0.25) is 4.90 Å². The smallest absolute Gasteiger partial charge is 0.416 e. The van der Waals surface area contributed by atoms with Gasteiger partial charge in [-0.05, 0) is 44.3 Å². The van der Waals surface area contributed by atoms with E-state index in [4.69, 9.17) is 5.11 Å². The minimum atomic E-state index is -4.43. The van der Waals surface area contributed by atoms with Crippen molar-refractivity contribution in [3.63, 3.8) is 0 Å². The van der Waals surface area contributed by atoms with Gasteiger partial charge in [0, 0.05) is 12.6 Å². The molecule has 0 saturated heterocycles. The maximum absolute atomic E-state index is 12.8. The second-order valence-electron chi connectivity index (χ2n) is 4.97. The summed E-state index contributed by atoms with van der Waals surface area (Å²) in [5.41, 5.74) is -0.0238. The van der Waals surface area contributed by atoms with Gasteiger partial charge in [0.05, 0.1) is 11.3 Å². The summed E-state index contributed by atoms with van der Waals surface area (Å²) in [6.07, 6.45) is -5.12. The highest BCUT2D eigenvalue weighted by molar-refractivity contribution is 5.88. The van der Waals surface area contributed by atoms with Gasteiger partial charge in [0.15, 0.2) is 0 Å². The van der Waals surface area contributed by atoms with E-state index in [1.165, 1.54) is 6.07 Å². The first-order valence-corrected chi connectivity index (χ1v) is 6.10. The van der Waals surface area contributed by atoms with Crippen molar-refractivity contribution in [2.45, 2.75) is 18.6 Å². The number of rotatable bonds is 1. The zero-order valence-electron chi connectivity index (χ0n) is 11.1. The van der Waals surface area contributed by atoms with Crippen LogP contribution in [0.1, 0.15) is 23.6 Å². The first kappa shape index (κ1) is 14.6. The van der Waals surface area contributed by atoms with Gasteiger partial charge in [-0.2, -0.15) is 13.2 Å². The summed E-state index contributed by atoms with van der Waals surface area (Å²) in [5.74, 6) is 0. The minimum Gasteiger partial charge on any atom is -0.465 e. The van der Waals surface area contributed by atoms with Crippen LogP contribution in [0.15, 0.2) is 18.2 Å². The fraction of sp³-hybridized carbons (Fsp3) is 0.462. The second-order valence-corrected chi connectivity index (χ2v) is 4.97. The Balaban J connectivity index is 2.55. The van der Waals surface area contributed by atoms with Gasteiger partial charge in [-0.25, -0.2) is 4.79 Å². The van der Waals surface area contributed by atoms with E-state index in [-0.39, 0.29) is 12.6 Å². The fourth-order valence-electron chi connectivity index (χ4n) is 2.51. The first-order chi connectivity index (χ1) is 9.21. The Labute approximate surface area is 114 Å². The van der Waals surface area contributed by atoms with Crippen molar-refractivity contribution in [1.82, 2.24) is 4.90 Å². The summed E-state index contributed by atoms with van der Waals surface area (Å²) in [6, 6.07) is 2.99. The third-order valence-corrected chi connectivity index (χ3v) is 3.49. The molecule has 0 aromatic heterocycles. The zero-order valence-corrected chi connectivity index (χ0v) is 11.1. The van der Waals surface area contributed by atoms with Crippen LogP contribution in [0, 0.1) is 0 Å². The van der Waals surface area contributed by atoms with Crippen LogP contribution in [0.4, 0.5) is 23.7 Å². The maximum Gasteiger partial charge on any atom is 0.416 e. The Hall–Kier alpha value is -1.76. The lowest BCUT2D eigenvalue weighted by Gasteiger charge is -2.36. The molecule has 4 nitrogen and oxygen atoms in total. The van der Waals surface area contributed by atoms with Crippen molar-refractivity contribution in [3.05, 3.63) is 29.3 Å². The van der Waals surface area contributed by atoms with E-state index < -0.39 is 17.8 Å². The van der Waals surface area contributed by atoms with E-state index in [0.29, 0.717) is 17.7 Å². The van der Waals surface area contributed by atoms with Gasteiger partial charge in [0.1, 0.15) is 0 Å². The lowest BCUT2D eigenvalue weighted by atomic mass is 9.94. The molecule has 1 N–H and O–H groups in total. The SMILES string of the molecule is CN(C)[C@@H]1CCN(C(=O)O)c2ccc(C(F)(F)F)cc21. The second kappa shape index (κ2) is 4.97. The topological polar surface area (TPSA) is 43.8 Å². The van der Waals surface area contributed by atoms with E-state index >= 15 is 0 Å². The van der Waals surface area contributed by atoms with Crippen LogP contribution in [0.2, 0.25) is 0 Å². The number of alkyl halides is 3. The van der Waals surface area contributed by atoms with Crippen LogP contribution in [-0.4, -0.2) is 36.7 Å². The molecule has 1 aromatic carbocycles. The molecule has 1 heterocycles. The van der Waals surface area contributed by atoms with Gasteiger partial charge in [0.2, 0.25) is 0 Å². The molecule has 20 heavy (non-hydrogen) atoms. The summed E-state index contributed by atoms with van der Waals surface area (Å²) in [5, 5.41) is 9.13. The highest BCUT2D eigenvalue weighted by atomic mass is 19.4. The molecule has 1 aliphatic rings. The van der Waals surface area contributed by atoms with Gasteiger partial charge >= 0.3 is 12.3 Å². The molecule has 2 rings (SSSR count). The summed E-state index contributed by atoms with van der Waals surface area (Å²) >= 11 is 0. The largest absolute Gasteiger partial charge is 0.465 e. The van der Waals surface area contributed by atoms with E-state index in [2.05, 4.69) is 0 Å². The van der Waals surface area contributed by atoms with Crippen molar-refractivity contribution >= 4 is 11.8 Å². The number of anilines is 1. The lowest BCUT2D eigenvalue weighted by molar-refractivity contribution is -0.137. The van der Waals surface area contributed by atoms with Gasteiger partial charge in [-0.15, -0.1) is 0 Å². The van der Waals surface area contributed by atoms with E-state index in [9.17, 15) is 18.0 Å². The Morgan fingerprint density at radius 2 is 2.05 bits per heavy atom. The van der Waals surface area contributed by atoms with Crippen LogP contribution in [0.3, 0.4) is 0 Å². The van der Waals surface area contributed by atoms with Crippen LogP contribution < -0.4 is 4.90 Å². The molecule has 1 atom stereocenters. The van der Waals surface area contributed by atoms with E-state index in [1.807, 2.05) is 0 Å². The van der Waals surface area contributed by atoms with Crippen LogP contribution in [0.25, 0.3) is 0 Å². The van der Waals surface area contributed by atoms with E-state index in [1.54, 1.807) is 19.0 Å². The highest BCUT2D eigenvalue weighted by Crippen LogP contribution is 2.40. The summed E-state index contributed by atoms with van der Waals surface area (Å²) in [7, 11) is 3.54. The fourth-order valence-corrected chi connectivity index (χ4v) is 2.51. The molecule has 1 aromatic rings. The molecule has 0 unspecified atom stereocenters. The lowest BCUT2D eigenvalue weighted by Crippen LogP contribution is -2.38. The quantitative estimate of drug-likeness (QED) is 0.863. The van der Waals surface area contributed by atoms with Gasteiger partial charge in [-0.1, -0.05) is 0 Å². The standard InChI is InChI=1S/C13H15F3N2O2/c1-17(2)10-5-6-18(12(19)20)11-4-3-8(7-9(10)11)13(14,15)16/h3-4,7,10H,5-6H2,1-2H3,(H,19,20)/t10-/m1/s1. The molecule has 1 amide bonds. The summed E-state index contributed by atoms with van der Waals surface area (Å²) < 4.78 is 38.4.